The van der Waals surface area contributed by atoms with Crippen LogP contribution in [0.2, 0.25) is 0 Å². The van der Waals surface area contributed by atoms with E-state index in [0.717, 1.165) is 0 Å². The van der Waals surface area contributed by atoms with Crippen LogP contribution in [-0.2, 0) is 11.8 Å². The molecule has 1 nitrogen and oxygen atoms in total. The molecule has 1 N–H and O–H groups in total. The first-order chi connectivity index (χ1) is 8.11. The zero-order chi connectivity index (χ0) is 12.5. The van der Waals surface area contributed by atoms with Gasteiger partial charge in [0.25, 0.3) is 0 Å². The minimum Gasteiger partial charge on any atom is -0.316 e. The van der Waals surface area contributed by atoms with Crippen molar-refractivity contribution in [2.75, 3.05) is 12.8 Å². The Kier molecular flexibility index (Phi) is 3.84. The molecule has 2 rings (SSSR count). The number of likely N-dealkylation sites (N-methyl/N-ethyl adjacent to an activating group) is 1. The first kappa shape index (κ1) is 13.0. The molecule has 1 aromatic rings. The first-order valence-corrected chi connectivity index (χ1v) is 7.54. The SMILES string of the molecule is CCC(C)(c1ccc2c(c1)CCS2)C(C)NC. The molecule has 94 valence electrons. The Bertz CT molecular complexity index is 402. The summed E-state index contributed by atoms with van der Waals surface area (Å²) >= 11 is 1.99. The van der Waals surface area contributed by atoms with Crippen LogP contribution in [-0.4, -0.2) is 18.8 Å². The second kappa shape index (κ2) is 5.03. The van der Waals surface area contributed by atoms with Crippen molar-refractivity contribution in [3.05, 3.63) is 29.3 Å². The van der Waals surface area contributed by atoms with Crippen LogP contribution in [0, 0.1) is 0 Å². The second-order valence-electron chi connectivity index (χ2n) is 5.20. The second-order valence-corrected chi connectivity index (χ2v) is 6.34. The van der Waals surface area contributed by atoms with Crippen molar-refractivity contribution in [3.8, 4) is 0 Å². The zero-order valence-corrected chi connectivity index (χ0v) is 12.2. The van der Waals surface area contributed by atoms with Crippen molar-refractivity contribution < 1.29 is 0 Å². The molecule has 0 saturated carbocycles. The van der Waals surface area contributed by atoms with Gasteiger partial charge >= 0.3 is 0 Å². The van der Waals surface area contributed by atoms with Crippen LogP contribution < -0.4 is 5.32 Å². The highest BCUT2D eigenvalue weighted by Gasteiger charge is 2.31. The molecule has 1 aromatic carbocycles. The fourth-order valence-corrected chi connectivity index (χ4v) is 3.67. The molecule has 0 bridgehead atoms. The van der Waals surface area contributed by atoms with E-state index >= 15 is 0 Å². The number of nitrogens with one attached hydrogen (secondary N) is 1. The maximum atomic E-state index is 3.42. The maximum absolute atomic E-state index is 3.42. The highest BCUT2D eigenvalue weighted by atomic mass is 32.2. The summed E-state index contributed by atoms with van der Waals surface area (Å²) in [5, 5.41) is 3.42. The van der Waals surface area contributed by atoms with Gasteiger partial charge in [-0.3, -0.25) is 0 Å². The molecular weight excluding hydrogens is 226 g/mol. The predicted molar refractivity (Wildman–Crippen MR) is 77.0 cm³/mol. The summed E-state index contributed by atoms with van der Waals surface area (Å²) in [4.78, 5) is 1.49. The van der Waals surface area contributed by atoms with Crippen molar-refractivity contribution in [1.82, 2.24) is 5.32 Å². The molecule has 17 heavy (non-hydrogen) atoms. The number of hydrogen-bond acceptors (Lipinski definition) is 2. The molecule has 0 aliphatic carbocycles. The van der Waals surface area contributed by atoms with Crippen LogP contribution in [0.4, 0.5) is 0 Å². The summed E-state index contributed by atoms with van der Waals surface area (Å²) in [6.45, 7) is 6.94. The molecule has 1 aliphatic heterocycles. The standard InChI is InChI=1S/C15H23NS/c1-5-15(3,11(2)16-4)13-6-7-14-12(10-13)8-9-17-14/h6-7,10-11,16H,5,8-9H2,1-4H3. The number of fused-ring (bicyclic) bond motifs is 1. The molecule has 0 saturated heterocycles. The fraction of sp³-hybridized carbons (Fsp3) is 0.600. The average molecular weight is 249 g/mol. The molecule has 2 heteroatoms. The quantitative estimate of drug-likeness (QED) is 0.875. The van der Waals surface area contributed by atoms with Gasteiger partial charge < -0.3 is 5.32 Å². The Morgan fingerprint density at radius 2 is 2.24 bits per heavy atom. The largest absolute Gasteiger partial charge is 0.316 e. The van der Waals surface area contributed by atoms with Crippen molar-refractivity contribution in [2.45, 2.75) is 50.0 Å². The molecule has 0 spiro atoms. The van der Waals surface area contributed by atoms with Gasteiger partial charge in [0.2, 0.25) is 0 Å². The van der Waals surface area contributed by atoms with Gasteiger partial charge in [0.1, 0.15) is 0 Å². The molecule has 2 atom stereocenters. The summed E-state index contributed by atoms with van der Waals surface area (Å²) in [5.74, 6) is 1.25. The fourth-order valence-electron chi connectivity index (χ4n) is 2.62. The van der Waals surface area contributed by atoms with E-state index in [1.165, 1.54) is 29.1 Å². The van der Waals surface area contributed by atoms with Gasteiger partial charge in [0.05, 0.1) is 0 Å². The summed E-state index contributed by atoms with van der Waals surface area (Å²) < 4.78 is 0. The Labute approximate surface area is 109 Å². The van der Waals surface area contributed by atoms with Gasteiger partial charge in [-0.15, -0.1) is 11.8 Å². The predicted octanol–water partition coefficient (Wildman–Crippen LogP) is 3.61. The molecule has 0 radical (unpaired) electrons. The maximum Gasteiger partial charge on any atom is 0.0130 e. The molecule has 0 amide bonds. The number of thioether (sulfide) groups is 1. The average Bonchev–Trinajstić information content (AvgIpc) is 2.83. The van der Waals surface area contributed by atoms with E-state index in [9.17, 15) is 0 Å². The van der Waals surface area contributed by atoms with Crippen LogP contribution in [0.25, 0.3) is 0 Å². The van der Waals surface area contributed by atoms with E-state index < -0.39 is 0 Å². The van der Waals surface area contributed by atoms with E-state index in [1.54, 1.807) is 5.56 Å². The highest BCUT2D eigenvalue weighted by molar-refractivity contribution is 7.99. The number of aryl methyl sites for hydroxylation is 1. The summed E-state index contributed by atoms with van der Waals surface area (Å²) in [5.41, 5.74) is 3.27. The van der Waals surface area contributed by atoms with Crippen molar-refractivity contribution in [3.63, 3.8) is 0 Å². The lowest BCUT2D eigenvalue weighted by atomic mass is 9.74. The molecule has 1 heterocycles. The Hall–Kier alpha value is -0.470. The van der Waals surface area contributed by atoms with Gasteiger partial charge in [0.15, 0.2) is 0 Å². The number of rotatable bonds is 4. The Morgan fingerprint density at radius 1 is 1.47 bits per heavy atom. The van der Waals surface area contributed by atoms with Gasteiger partial charge in [-0.05, 0) is 44.0 Å². The van der Waals surface area contributed by atoms with Crippen molar-refractivity contribution in [1.29, 1.82) is 0 Å². The van der Waals surface area contributed by atoms with Crippen LogP contribution in [0.1, 0.15) is 38.3 Å². The minimum absolute atomic E-state index is 0.233. The Morgan fingerprint density at radius 3 is 2.88 bits per heavy atom. The molecule has 2 unspecified atom stereocenters. The summed E-state index contributed by atoms with van der Waals surface area (Å²) in [6, 6.07) is 7.58. The topological polar surface area (TPSA) is 12.0 Å². The normalized spacial score (nSPS) is 19.8. The van der Waals surface area contributed by atoms with E-state index in [-0.39, 0.29) is 5.41 Å². The summed E-state index contributed by atoms with van der Waals surface area (Å²) in [7, 11) is 2.06. The van der Waals surface area contributed by atoms with Gasteiger partial charge in [-0.25, -0.2) is 0 Å². The lowest BCUT2D eigenvalue weighted by Gasteiger charge is -2.35. The number of hydrogen-bond donors (Lipinski definition) is 1. The van der Waals surface area contributed by atoms with Crippen LogP contribution in [0.3, 0.4) is 0 Å². The highest BCUT2D eigenvalue weighted by Crippen LogP contribution is 2.37. The van der Waals surface area contributed by atoms with Gasteiger partial charge in [-0.2, -0.15) is 0 Å². The third-order valence-electron chi connectivity index (χ3n) is 4.47. The van der Waals surface area contributed by atoms with Crippen LogP contribution in [0.15, 0.2) is 23.1 Å². The van der Waals surface area contributed by atoms with Crippen LogP contribution >= 0.6 is 11.8 Å². The van der Waals surface area contributed by atoms with Gasteiger partial charge in [0, 0.05) is 22.1 Å². The van der Waals surface area contributed by atoms with E-state index in [0.29, 0.717) is 6.04 Å². The first-order valence-electron chi connectivity index (χ1n) is 6.55. The summed E-state index contributed by atoms with van der Waals surface area (Å²) in [6.07, 6.45) is 2.41. The third-order valence-corrected chi connectivity index (χ3v) is 5.59. The van der Waals surface area contributed by atoms with E-state index in [1.807, 2.05) is 11.8 Å². The van der Waals surface area contributed by atoms with Gasteiger partial charge in [-0.1, -0.05) is 26.0 Å². The van der Waals surface area contributed by atoms with E-state index in [2.05, 4.69) is 51.3 Å². The molecule has 1 aliphatic rings. The lowest BCUT2D eigenvalue weighted by molar-refractivity contribution is 0.340. The van der Waals surface area contributed by atoms with Crippen LogP contribution in [0.5, 0.6) is 0 Å². The molecular formula is C15H23NS. The van der Waals surface area contributed by atoms with E-state index in [4.69, 9.17) is 0 Å². The lowest BCUT2D eigenvalue weighted by Crippen LogP contribution is -2.42. The number of benzene rings is 1. The molecule has 0 aromatic heterocycles. The zero-order valence-electron chi connectivity index (χ0n) is 11.3. The monoisotopic (exact) mass is 249 g/mol. The van der Waals surface area contributed by atoms with Crippen molar-refractivity contribution >= 4 is 11.8 Å². The molecule has 0 fully saturated rings. The smallest absolute Gasteiger partial charge is 0.0130 e. The Balaban J connectivity index is 2.37. The minimum atomic E-state index is 0.233. The third kappa shape index (κ3) is 2.25. The van der Waals surface area contributed by atoms with Crippen molar-refractivity contribution in [2.24, 2.45) is 0 Å².